The highest BCUT2D eigenvalue weighted by molar-refractivity contribution is 8.17. The molecule has 0 radical (unpaired) electrons. The van der Waals surface area contributed by atoms with Gasteiger partial charge in [-0.25, -0.2) is 13.4 Å². The van der Waals surface area contributed by atoms with Gasteiger partial charge in [-0.2, -0.15) is 0 Å². The van der Waals surface area contributed by atoms with Crippen molar-refractivity contribution in [3.8, 4) is 11.6 Å². The van der Waals surface area contributed by atoms with Crippen LogP contribution in [0.2, 0.25) is 0 Å². The first kappa shape index (κ1) is 15.2. The first-order chi connectivity index (χ1) is 11.6. The van der Waals surface area contributed by atoms with E-state index in [4.69, 9.17) is 4.74 Å². The van der Waals surface area contributed by atoms with Crippen LogP contribution in [0.5, 0.6) is 11.6 Å². The summed E-state index contributed by atoms with van der Waals surface area (Å²) in [5, 5.41) is 2.40. The van der Waals surface area contributed by atoms with Crippen LogP contribution in [0.15, 0.2) is 58.5 Å². The molecule has 0 fully saturated rings. The molecule has 1 aromatic heterocycles. The Bertz CT molecular complexity index is 923. The number of para-hydroxylation sites is 1. The first-order valence-electron chi connectivity index (χ1n) is 7.27. The summed E-state index contributed by atoms with van der Waals surface area (Å²) in [5.74, 6) is 1.26. The lowest BCUT2D eigenvalue weighted by molar-refractivity contribution is 0.463. The predicted molar refractivity (Wildman–Crippen MR) is 94.2 cm³/mol. The molecule has 0 saturated heterocycles. The monoisotopic (exact) mass is 359 g/mol. The molecule has 2 aliphatic heterocycles. The van der Waals surface area contributed by atoms with Gasteiger partial charge < -0.3 is 9.64 Å². The Kier molecular flexibility index (Phi) is 3.78. The van der Waals surface area contributed by atoms with Crippen molar-refractivity contribution in [3.05, 3.63) is 59.6 Å². The number of ether oxygens (including phenoxy) is 1. The number of hydrogen-bond acceptors (Lipinski definition) is 6. The molecule has 2 aliphatic rings. The van der Waals surface area contributed by atoms with E-state index in [1.165, 1.54) is 11.8 Å². The van der Waals surface area contributed by atoms with E-state index in [1.54, 1.807) is 12.3 Å². The third-order valence-corrected chi connectivity index (χ3v) is 5.71. The van der Waals surface area contributed by atoms with Gasteiger partial charge in [0.2, 0.25) is 5.88 Å². The molecule has 0 saturated carbocycles. The second-order valence-corrected chi connectivity index (χ2v) is 7.82. The average Bonchev–Trinajstić information content (AvgIpc) is 2.98. The molecule has 0 N–H and O–H groups in total. The number of amidine groups is 1. The Labute approximate surface area is 143 Å². The first-order valence-corrected chi connectivity index (χ1v) is 9.76. The molecule has 24 heavy (non-hydrogen) atoms. The Morgan fingerprint density at radius 2 is 1.96 bits per heavy atom. The molecule has 2 aromatic rings. The number of pyridine rings is 1. The van der Waals surface area contributed by atoms with Crippen LogP contribution in [0.3, 0.4) is 0 Å². The zero-order chi connectivity index (χ0) is 16.6. The lowest BCUT2D eigenvalue weighted by atomic mass is 10.2. The molecule has 0 unspecified atom stereocenters. The lowest BCUT2D eigenvalue weighted by Crippen LogP contribution is -2.34. The molecular formula is C16H13N3O3S2. The van der Waals surface area contributed by atoms with E-state index in [2.05, 4.69) is 9.38 Å². The third kappa shape index (κ3) is 3.02. The van der Waals surface area contributed by atoms with Gasteiger partial charge in [-0.3, -0.25) is 0 Å². The summed E-state index contributed by atoms with van der Waals surface area (Å²) in [7, 11) is -3.33. The maximum absolute atomic E-state index is 11.6. The van der Waals surface area contributed by atoms with E-state index >= 15 is 0 Å². The number of benzene rings is 1. The van der Waals surface area contributed by atoms with Gasteiger partial charge in [-0.05, 0) is 18.2 Å². The lowest BCUT2D eigenvalue weighted by Gasteiger charge is -2.24. The standard InChI is InChI=1S/C16H13N3O3S2/c20-24(21)9-8-19-14(11-23-16(19)18-24)12-6-7-15(17-10-12)22-13-4-2-1-3-5-13/h1-7,10-11H,8-9H2. The molecule has 3 heterocycles. The van der Waals surface area contributed by atoms with Gasteiger partial charge in [0, 0.05) is 29.8 Å². The summed E-state index contributed by atoms with van der Waals surface area (Å²) in [5.41, 5.74) is 1.81. The highest BCUT2D eigenvalue weighted by atomic mass is 32.2. The van der Waals surface area contributed by atoms with Crippen LogP contribution in [0.4, 0.5) is 0 Å². The molecular weight excluding hydrogens is 346 g/mol. The summed E-state index contributed by atoms with van der Waals surface area (Å²) >= 11 is 1.31. The van der Waals surface area contributed by atoms with Crippen LogP contribution in [0.25, 0.3) is 5.70 Å². The molecule has 0 spiro atoms. The summed E-state index contributed by atoms with van der Waals surface area (Å²) in [6.45, 7) is 0.405. The molecule has 0 atom stereocenters. The van der Waals surface area contributed by atoms with Gasteiger partial charge >= 0.3 is 0 Å². The zero-order valence-electron chi connectivity index (χ0n) is 12.5. The Hall–Kier alpha value is -2.32. The fraction of sp³-hybridized carbons (Fsp3) is 0.125. The van der Waals surface area contributed by atoms with Crippen LogP contribution < -0.4 is 4.74 Å². The number of sulfonamides is 1. The van der Waals surface area contributed by atoms with Crippen molar-refractivity contribution in [3.63, 3.8) is 0 Å². The number of nitrogens with zero attached hydrogens (tertiary/aromatic N) is 3. The van der Waals surface area contributed by atoms with E-state index in [9.17, 15) is 8.42 Å². The fourth-order valence-electron chi connectivity index (χ4n) is 2.42. The summed E-state index contributed by atoms with van der Waals surface area (Å²) in [4.78, 5) is 6.23. The van der Waals surface area contributed by atoms with Crippen molar-refractivity contribution in [2.75, 3.05) is 12.3 Å². The molecule has 4 rings (SSSR count). The number of fused-ring (bicyclic) bond motifs is 1. The van der Waals surface area contributed by atoms with Gasteiger partial charge in [-0.15, -0.1) is 4.40 Å². The normalized spacial score (nSPS) is 18.6. The molecule has 8 heteroatoms. The highest BCUT2D eigenvalue weighted by Crippen LogP contribution is 2.35. The second kappa shape index (κ2) is 5.95. The smallest absolute Gasteiger partial charge is 0.257 e. The van der Waals surface area contributed by atoms with Gasteiger partial charge in [0.1, 0.15) is 5.75 Å². The van der Waals surface area contributed by atoms with Crippen LogP contribution in [0.1, 0.15) is 5.56 Å². The fourth-order valence-corrected chi connectivity index (χ4v) is 4.57. The van der Waals surface area contributed by atoms with Crippen molar-refractivity contribution in [2.45, 2.75) is 0 Å². The zero-order valence-corrected chi connectivity index (χ0v) is 14.1. The maximum Gasteiger partial charge on any atom is 0.257 e. The summed E-state index contributed by atoms with van der Waals surface area (Å²) in [6.07, 6.45) is 1.72. The van der Waals surface area contributed by atoms with E-state index in [1.807, 2.05) is 46.7 Å². The van der Waals surface area contributed by atoms with E-state index in [0.29, 0.717) is 17.6 Å². The summed E-state index contributed by atoms with van der Waals surface area (Å²) < 4.78 is 32.6. The second-order valence-electron chi connectivity index (χ2n) is 5.23. The topological polar surface area (TPSA) is 71.9 Å². The van der Waals surface area contributed by atoms with E-state index < -0.39 is 10.0 Å². The van der Waals surface area contributed by atoms with Gasteiger partial charge in [0.05, 0.1) is 11.4 Å². The minimum Gasteiger partial charge on any atom is -0.439 e. The van der Waals surface area contributed by atoms with Crippen molar-refractivity contribution in [1.29, 1.82) is 0 Å². The van der Waals surface area contributed by atoms with E-state index in [0.717, 1.165) is 17.0 Å². The van der Waals surface area contributed by atoms with E-state index in [-0.39, 0.29) is 5.75 Å². The number of aromatic nitrogens is 1. The number of hydrogen-bond donors (Lipinski definition) is 0. The van der Waals surface area contributed by atoms with Gasteiger partial charge in [-0.1, -0.05) is 30.0 Å². The quantitative estimate of drug-likeness (QED) is 0.839. The minimum atomic E-state index is -3.33. The van der Waals surface area contributed by atoms with Crippen molar-refractivity contribution in [2.24, 2.45) is 4.40 Å². The van der Waals surface area contributed by atoms with Crippen molar-refractivity contribution >= 4 is 32.6 Å². The molecule has 1 aromatic carbocycles. The average molecular weight is 359 g/mol. The summed E-state index contributed by atoms with van der Waals surface area (Å²) in [6, 6.07) is 13.1. The van der Waals surface area contributed by atoms with Crippen LogP contribution >= 0.6 is 11.8 Å². The number of rotatable bonds is 3. The van der Waals surface area contributed by atoms with Crippen LogP contribution in [0, 0.1) is 0 Å². The predicted octanol–water partition coefficient (Wildman–Crippen LogP) is 2.92. The molecule has 0 aliphatic carbocycles. The molecule has 122 valence electrons. The van der Waals surface area contributed by atoms with Crippen molar-refractivity contribution in [1.82, 2.24) is 9.88 Å². The Morgan fingerprint density at radius 3 is 2.71 bits per heavy atom. The largest absolute Gasteiger partial charge is 0.439 e. The van der Waals surface area contributed by atoms with Crippen LogP contribution in [-0.4, -0.2) is 35.8 Å². The van der Waals surface area contributed by atoms with Crippen molar-refractivity contribution < 1.29 is 13.2 Å². The maximum atomic E-state index is 11.6. The molecule has 6 nitrogen and oxygen atoms in total. The Morgan fingerprint density at radius 1 is 1.12 bits per heavy atom. The van der Waals surface area contributed by atoms with Gasteiger partial charge in [0.25, 0.3) is 10.0 Å². The van der Waals surface area contributed by atoms with Gasteiger partial charge in [0.15, 0.2) is 5.17 Å². The molecule has 0 bridgehead atoms. The van der Waals surface area contributed by atoms with Crippen LogP contribution in [-0.2, 0) is 10.0 Å². The number of thioether (sulfide) groups is 1. The molecule has 0 amide bonds. The Balaban J connectivity index is 1.54. The SMILES string of the molecule is O=S1(=O)CCN2C(c3ccc(Oc4ccccc4)nc3)=CSC2=N1. The third-order valence-electron chi connectivity index (χ3n) is 3.59. The highest BCUT2D eigenvalue weighted by Gasteiger charge is 2.31. The minimum absolute atomic E-state index is 0.0248.